The molecule has 2 rings (SSSR count). The van der Waals surface area contributed by atoms with Crippen molar-refractivity contribution in [1.82, 2.24) is 14.8 Å². The average Bonchev–Trinajstić information content (AvgIpc) is 2.91. The molecule has 0 spiro atoms. The van der Waals surface area contributed by atoms with Crippen LogP contribution < -0.4 is 11.1 Å². The maximum Gasteiger partial charge on any atom is 0.147 e. The Hall–Kier alpha value is -1.56. The van der Waals surface area contributed by atoms with Gasteiger partial charge < -0.3 is 11.1 Å². The van der Waals surface area contributed by atoms with E-state index >= 15 is 0 Å². The van der Waals surface area contributed by atoms with Gasteiger partial charge in [0.25, 0.3) is 0 Å². The van der Waals surface area contributed by atoms with Gasteiger partial charge >= 0.3 is 0 Å². The molecule has 2 aromatic rings. The van der Waals surface area contributed by atoms with Crippen LogP contribution in [0.25, 0.3) is 0 Å². The van der Waals surface area contributed by atoms with E-state index in [1.807, 2.05) is 23.3 Å². The smallest absolute Gasteiger partial charge is 0.147 e. The van der Waals surface area contributed by atoms with Crippen molar-refractivity contribution < 1.29 is 0 Å². The second kappa shape index (κ2) is 5.39. The Labute approximate surface area is 111 Å². The molecule has 3 N–H and O–H groups in total. The first-order chi connectivity index (χ1) is 8.59. The summed E-state index contributed by atoms with van der Waals surface area (Å²) in [6.07, 6.45) is 2.73. The summed E-state index contributed by atoms with van der Waals surface area (Å²) < 4.78 is 1.81. The van der Waals surface area contributed by atoms with Crippen molar-refractivity contribution in [2.75, 3.05) is 17.6 Å². The van der Waals surface area contributed by atoms with Crippen LogP contribution in [-0.4, -0.2) is 21.3 Å². The molecular formula is C12H19N5S. The molecule has 0 saturated carbocycles. The number of anilines is 2. The molecule has 5 nitrogen and oxygen atoms in total. The summed E-state index contributed by atoms with van der Waals surface area (Å²) in [7, 11) is 1.91. The molecular weight excluding hydrogens is 246 g/mol. The van der Waals surface area contributed by atoms with E-state index < -0.39 is 0 Å². The third-order valence-electron chi connectivity index (χ3n) is 2.77. The van der Waals surface area contributed by atoms with Crippen molar-refractivity contribution in [3.63, 3.8) is 0 Å². The summed E-state index contributed by atoms with van der Waals surface area (Å²) in [5.74, 6) is 1.24. The van der Waals surface area contributed by atoms with Crippen LogP contribution in [0, 0.1) is 0 Å². The third-order valence-corrected chi connectivity index (χ3v) is 3.61. The van der Waals surface area contributed by atoms with Crippen molar-refractivity contribution in [3.05, 3.63) is 22.3 Å². The number of nitrogens with two attached hydrogens (primary N) is 1. The van der Waals surface area contributed by atoms with Crippen LogP contribution in [0.1, 0.15) is 30.5 Å². The lowest BCUT2D eigenvalue weighted by molar-refractivity contribution is 0.714. The van der Waals surface area contributed by atoms with Gasteiger partial charge in [-0.1, -0.05) is 13.8 Å². The van der Waals surface area contributed by atoms with Crippen molar-refractivity contribution in [1.29, 1.82) is 0 Å². The molecule has 0 fully saturated rings. The fourth-order valence-corrected chi connectivity index (χ4v) is 2.48. The van der Waals surface area contributed by atoms with Crippen LogP contribution in [0.2, 0.25) is 0 Å². The molecule has 0 aromatic carbocycles. The lowest BCUT2D eigenvalue weighted by Gasteiger charge is -2.06. The highest BCUT2D eigenvalue weighted by atomic mass is 32.1. The van der Waals surface area contributed by atoms with E-state index in [0.717, 1.165) is 35.2 Å². The second-order valence-electron chi connectivity index (χ2n) is 4.53. The monoisotopic (exact) mass is 265 g/mol. The summed E-state index contributed by atoms with van der Waals surface area (Å²) >= 11 is 1.67. The summed E-state index contributed by atoms with van der Waals surface area (Å²) in [6, 6.07) is 0. The fourth-order valence-electron chi connectivity index (χ4n) is 1.86. The first kappa shape index (κ1) is 12.9. The number of nitrogen functional groups attached to an aromatic ring is 1. The quantitative estimate of drug-likeness (QED) is 0.870. The number of aryl methyl sites for hydroxylation is 1. The van der Waals surface area contributed by atoms with E-state index in [-0.39, 0.29) is 0 Å². The number of rotatable bonds is 5. The Morgan fingerprint density at radius 3 is 2.83 bits per heavy atom. The highest BCUT2D eigenvalue weighted by Crippen LogP contribution is 2.27. The largest absolute Gasteiger partial charge is 0.394 e. The highest BCUT2D eigenvalue weighted by molar-refractivity contribution is 7.09. The summed E-state index contributed by atoms with van der Waals surface area (Å²) in [5.41, 5.74) is 7.81. The summed E-state index contributed by atoms with van der Waals surface area (Å²) in [6.45, 7) is 5.00. The van der Waals surface area contributed by atoms with Crippen molar-refractivity contribution in [2.45, 2.75) is 26.2 Å². The zero-order valence-corrected chi connectivity index (χ0v) is 11.8. The molecule has 0 saturated heterocycles. The van der Waals surface area contributed by atoms with E-state index in [0.29, 0.717) is 5.92 Å². The topological polar surface area (TPSA) is 68.8 Å². The zero-order chi connectivity index (χ0) is 13.1. The molecule has 18 heavy (non-hydrogen) atoms. The minimum Gasteiger partial charge on any atom is -0.394 e. The number of hydrogen-bond acceptors (Lipinski definition) is 5. The number of thiazole rings is 1. The molecule has 2 aromatic heterocycles. The van der Waals surface area contributed by atoms with Gasteiger partial charge in [-0.3, -0.25) is 4.68 Å². The second-order valence-corrected chi connectivity index (χ2v) is 5.51. The summed E-state index contributed by atoms with van der Waals surface area (Å²) in [4.78, 5) is 4.25. The lowest BCUT2D eigenvalue weighted by atomic mass is 10.1. The number of nitrogens with one attached hydrogen (secondary N) is 1. The molecule has 98 valence electrons. The van der Waals surface area contributed by atoms with Gasteiger partial charge in [0.15, 0.2) is 0 Å². The molecule has 0 amide bonds. The van der Waals surface area contributed by atoms with Crippen molar-refractivity contribution in [3.8, 4) is 0 Å². The summed E-state index contributed by atoms with van der Waals surface area (Å²) in [5, 5.41) is 10.9. The van der Waals surface area contributed by atoms with Crippen LogP contribution >= 0.6 is 11.3 Å². The van der Waals surface area contributed by atoms with Crippen molar-refractivity contribution in [2.24, 2.45) is 7.05 Å². The lowest BCUT2D eigenvalue weighted by Crippen LogP contribution is -2.09. The number of hydrogen-bond donors (Lipinski definition) is 2. The van der Waals surface area contributed by atoms with Gasteiger partial charge in [0.05, 0.1) is 16.4 Å². The van der Waals surface area contributed by atoms with Gasteiger partial charge in [0.1, 0.15) is 5.82 Å². The first-order valence-electron chi connectivity index (χ1n) is 6.04. The average molecular weight is 265 g/mol. The van der Waals surface area contributed by atoms with Crippen LogP contribution in [0.5, 0.6) is 0 Å². The minimum absolute atomic E-state index is 0.339. The van der Waals surface area contributed by atoms with Crippen LogP contribution in [-0.2, 0) is 13.5 Å². The SMILES string of the molecule is CC(C)c1nn(C)c(NCCc2nccs2)c1N. The Balaban J connectivity index is 2.01. The van der Waals surface area contributed by atoms with E-state index in [2.05, 4.69) is 29.2 Å². The third kappa shape index (κ3) is 2.64. The van der Waals surface area contributed by atoms with Gasteiger partial charge in [-0.2, -0.15) is 5.10 Å². The highest BCUT2D eigenvalue weighted by Gasteiger charge is 2.15. The van der Waals surface area contributed by atoms with Gasteiger partial charge in [-0.25, -0.2) is 4.98 Å². The number of aromatic nitrogens is 3. The predicted octanol–water partition coefficient (Wildman–Crippen LogP) is 2.24. The maximum absolute atomic E-state index is 6.11. The predicted molar refractivity (Wildman–Crippen MR) is 76.0 cm³/mol. The zero-order valence-electron chi connectivity index (χ0n) is 11.0. The normalized spacial score (nSPS) is 11.1. The fraction of sp³-hybridized carbons (Fsp3) is 0.500. The van der Waals surface area contributed by atoms with E-state index in [9.17, 15) is 0 Å². The van der Waals surface area contributed by atoms with E-state index in [4.69, 9.17) is 5.73 Å². The Bertz CT molecular complexity index is 501. The molecule has 0 unspecified atom stereocenters. The Kier molecular flexibility index (Phi) is 3.86. The molecule has 0 atom stereocenters. The number of nitrogens with zero attached hydrogens (tertiary/aromatic N) is 3. The molecule has 0 aliphatic carbocycles. The van der Waals surface area contributed by atoms with Gasteiger partial charge in [-0.15, -0.1) is 11.3 Å². The van der Waals surface area contributed by atoms with Crippen molar-refractivity contribution >= 4 is 22.8 Å². The Morgan fingerprint density at radius 2 is 2.28 bits per heavy atom. The maximum atomic E-state index is 6.11. The van der Waals surface area contributed by atoms with Crippen LogP contribution in [0.15, 0.2) is 11.6 Å². The molecule has 0 aliphatic heterocycles. The molecule has 6 heteroatoms. The minimum atomic E-state index is 0.339. The molecule has 0 radical (unpaired) electrons. The van der Waals surface area contributed by atoms with Crippen LogP contribution in [0.4, 0.5) is 11.5 Å². The molecule has 0 aliphatic rings. The molecule has 0 bridgehead atoms. The van der Waals surface area contributed by atoms with Gasteiger partial charge in [0.2, 0.25) is 0 Å². The van der Waals surface area contributed by atoms with Crippen LogP contribution in [0.3, 0.4) is 0 Å². The van der Waals surface area contributed by atoms with E-state index in [1.54, 1.807) is 11.3 Å². The van der Waals surface area contributed by atoms with Gasteiger partial charge in [0, 0.05) is 31.6 Å². The standard InChI is InChI=1S/C12H19N5S/c1-8(2)11-10(13)12(17(3)16-11)15-5-4-9-14-6-7-18-9/h6-8,15H,4-5,13H2,1-3H3. The Morgan fingerprint density at radius 1 is 1.50 bits per heavy atom. The molecule has 2 heterocycles. The first-order valence-corrected chi connectivity index (χ1v) is 6.92. The van der Waals surface area contributed by atoms with E-state index in [1.165, 1.54) is 0 Å². The van der Waals surface area contributed by atoms with Gasteiger partial charge in [-0.05, 0) is 5.92 Å².